The third-order valence-electron chi connectivity index (χ3n) is 7.38. The lowest BCUT2D eigenvalue weighted by Gasteiger charge is -2.35. The number of hydrogen-bond acceptors (Lipinski definition) is 9. The Morgan fingerprint density at radius 1 is 1.23 bits per heavy atom. The van der Waals surface area contributed by atoms with Crippen LogP contribution in [0, 0.1) is 11.7 Å². The number of carbonyl (C=O) groups is 1. The van der Waals surface area contributed by atoms with Crippen LogP contribution < -0.4 is 14.4 Å². The van der Waals surface area contributed by atoms with Crippen molar-refractivity contribution >= 4 is 45.1 Å². The zero-order valence-corrected chi connectivity index (χ0v) is 22.9. The highest BCUT2D eigenvalue weighted by Crippen LogP contribution is 2.40. The SMILES string of the molecule is C=CC(=O)N1CCN(c2nc(O[C@H]3CN(C)C[C@H]3C)nc3c(Oc4c(Cl)c(F)cc5[nH]ncc45)nccc23)CC1. The van der Waals surface area contributed by atoms with E-state index in [1.165, 1.54) is 18.3 Å². The van der Waals surface area contributed by atoms with E-state index >= 15 is 0 Å². The van der Waals surface area contributed by atoms with Crippen LogP contribution >= 0.6 is 11.6 Å². The van der Waals surface area contributed by atoms with Crippen LogP contribution in [0.4, 0.5) is 10.2 Å². The van der Waals surface area contributed by atoms with E-state index in [1.54, 1.807) is 17.2 Å². The van der Waals surface area contributed by atoms with Gasteiger partial charge in [-0.15, -0.1) is 0 Å². The number of rotatable bonds is 6. The molecule has 2 aliphatic rings. The number of piperazine rings is 1. The number of aromatic nitrogens is 5. The highest BCUT2D eigenvalue weighted by atomic mass is 35.5. The lowest BCUT2D eigenvalue weighted by molar-refractivity contribution is -0.126. The fourth-order valence-electron chi connectivity index (χ4n) is 5.29. The van der Waals surface area contributed by atoms with Crippen LogP contribution in [0.3, 0.4) is 0 Å². The Bertz CT molecular complexity index is 1610. The van der Waals surface area contributed by atoms with Crippen molar-refractivity contribution in [3.8, 4) is 17.6 Å². The Hall–Kier alpha value is -4.03. The average molecular weight is 567 g/mol. The van der Waals surface area contributed by atoms with Gasteiger partial charge in [0.2, 0.25) is 11.8 Å². The second-order valence-electron chi connectivity index (χ2n) is 10.1. The van der Waals surface area contributed by atoms with E-state index in [4.69, 9.17) is 31.0 Å². The van der Waals surface area contributed by atoms with Crippen LogP contribution in [0.5, 0.6) is 17.6 Å². The van der Waals surface area contributed by atoms with Crippen molar-refractivity contribution in [2.75, 3.05) is 51.2 Å². The van der Waals surface area contributed by atoms with Crippen LogP contribution in [0.15, 0.2) is 37.2 Å². The first-order chi connectivity index (χ1) is 19.3. The van der Waals surface area contributed by atoms with Crippen molar-refractivity contribution in [1.82, 2.24) is 34.9 Å². The number of nitrogens with zero attached hydrogens (tertiary/aromatic N) is 7. The maximum Gasteiger partial charge on any atom is 0.319 e. The third-order valence-corrected chi connectivity index (χ3v) is 7.73. The number of fused-ring (bicyclic) bond motifs is 2. The van der Waals surface area contributed by atoms with Gasteiger partial charge in [0.1, 0.15) is 28.3 Å². The number of aromatic amines is 1. The zero-order chi connectivity index (χ0) is 28.0. The summed E-state index contributed by atoms with van der Waals surface area (Å²) in [5.41, 5.74) is 0.825. The molecule has 0 bridgehead atoms. The molecule has 0 radical (unpaired) electrons. The van der Waals surface area contributed by atoms with Gasteiger partial charge in [-0.1, -0.05) is 25.1 Å². The molecule has 3 aromatic heterocycles. The molecule has 1 amide bonds. The number of H-pyrrole nitrogens is 1. The number of likely N-dealkylation sites (tertiary alicyclic amines) is 1. The van der Waals surface area contributed by atoms with E-state index in [0.29, 0.717) is 53.8 Å². The largest absolute Gasteiger partial charge is 0.458 e. The minimum absolute atomic E-state index is 0.0793. The quantitative estimate of drug-likeness (QED) is 0.349. The number of benzene rings is 1. The molecule has 1 N–H and O–H groups in total. The Morgan fingerprint density at radius 3 is 2.75 bits per heavy atom. The summed E-state index contributed by atoms with van der Waals surface area (Å²) in [7, 11) is 2.05. The van der Waals surface area contributed by atoms with E-state index in [1.807, 2.05) is 7.05 Å². The molecule has 1 aromatic carbocycles. The molecule has 0 unspecified atom stereocenters. The lowest BCUT2D eigenvalue weighted by Crippen LogP contribution is -2.48. The van der Waals surface area contributed by atoms with Gasteiger partial charge in [0, 0.05) is 57.4 Å². The predicted octanol–water partition coefficient (Wildman–Crippen LogP) is 3.65. The highest BCUT2D eigenvalue weighted by molar-refractivity contribution is 6.33. The van der Waals surface area contributed by atoms with Crippen LogP contribution in [-0.2, 0) is 4.79 Å². The van der Waals surface area contributed by atoms with Gasteiger partial charge in [0.15, 0.2) is 5.75 Å². The first-order valence-corrected chi connectivity index (χ1v) is 13.4. The first kappa shape index (κ1) is 26.2. The average Bonchev–Trinajstić information content (AvgIpc) is 3.55. The third kappa shape index (κ3) is 4.77. The number of amides is 1. The van der Waals surface area contributed by atoms with E-state index in [2.05, 4.69) is 38.5 Å². The molecule has 2 saturated heterocycles. The molecule has 11 nitrogen and oxygen atoms in total. The van der Waals surface area contributed by atoms with Gasteiger partial charge in [-0.05, 0) is 19.2 Å². The normalized spacial score (nSPS) is 19.9. The van der Waals surface area contributed by atoms with Gasteiger partial charge in [-0.25, -0.2) is 9.37 Å². The number of pyridine rings is 1. The second kappa shape index (κ2) is 10.5. The predicted molar refractivity (Wildman–Crippen MR) is 149 cm³/mol. The monoisotopic (exact) mass is 566 g/mol. The number of carbonyl (C=O) groups excluding carboxylic acids is 1. The molecular weight excluding hydrogens is 539 g/mol. The molecule has 208 valence electrons. The number of anilines is 1. The molecule has 40 heavy (non-hydrogen) atoms. The molecule has 2 aliphatic heterocycles. The summed E-state index contributed by atoms with van der Waals surface area (Å²) in [6.45, 7) is 9.51. The summed E-state index contributed by atoms with van der Waals surface area (Å²) >= 11 is 6.33. The molecule has 4 aromatic rings. The van der Waals surface area contributed by atoms with E-state index in [-0.39, 0.29) is 40.6 Å². The minimum atomic E-state index is -0.653. The number of hydrogen-bond donors (Lipinski definition) is 1. The van der Waals surface area contributed by atoms with Gasteiger partial charge in [0.05, 0.1) is 22.5 Å². The summed E-state index contributed by atoms with van der Waals surface area (Å²) in [5, 5.41) is 7.71. The molecule has 2 fully saturated rings. The Kier molecular flexibility index (Phi) is 6.88. The molecule has 5 heterocycles. The number of nitrogens with one attached hydrogen (secondary N) is 1. The number of halogens is 2. The number of ether oxygens (including phenoxy) is 2. The van der Waals surface area contributed by atoms with Crippen molar-refractivity contribution in [1.29, 1.82) is 0 Å². The Labute approximate surface area is 234 Å². The van der Waals surface area contributed by atoms with Crippen LogP contribution in [0.1, 0.15) is 6.92 Å². The van der Waals surface area contributed by atoms with E-state index in [0.717, 1.165) is 13.1 Å². The maximum absolute atomic E-state index is 14.6. The molecule has 0 spiro atoms. The Morgan fingerprint density at radius 2 is 2.02 bits per heavy atom. The summed E-state index contributed by atoms with van der Waals surface area (Å²) in [4.78, 5) is 32.1. The van der Waals surface area contributed by atoms with Crippen LogP contribution in [-0.4, -0.2) is 93.3 Å². The molecule has 0 saturated carbocycles. The molecule has 0 aliphatic carbocycles. The molecular formula is C27H28ClFN8O3. The second-order valence-corrected chi connectivity index (χ2v) is 10.5. The van der Waals surface area contributed by atoms with Gasteiger partial charge >= 0.3 is 6.01 Å². The van der Waals surface area contributed by atoms with E-state index < -0.39 is 5.82 Å². The standard InChI is InChI=1S/C27H28ClFN8O3/c1-4-21(38)36-7-9-37(10-8-36)25-16-5-6-30-26(40-24-17-12-31-34-19(17)11-18(29)22(24)28)23(16)32-27(33-25)39-20-14-35(3)13-15(20)2/h4-6,11-12,15,20H,1,7-10,13-14H2,2-3H3,(H,31,34)/t15-,20+/m1/s1. The zero-order valence-electron chi connectivity index (χ0n) is 22.1. The van der Waals surface area contributed by atoms with Crippen molar-refractivity contribution in [2.45, 2.75) is 13.0 Å². The van der Waals surface area contributed by atoms with Crippen molar-refractivity contribution in [3.63, 3.8) is 0 Å². The minimum Gasteiger partial charge on any atom is -0.458 e. The van der Waals surface area contributed by atoms with Gasteiger partial charge in [0.25, 0.3) is 0 Å². The molecule has 2 atom stereocenters. The summed E-state index contributed by atoms with van der Waals surface area (Å²) < 4.78 is 27.1. The van der Waals surface area contributed by atoms with Gasteiger partial charge in [-0.2, -0.15) is 15.1 Å². The number of likely N-dealkylation sites (N-methyl/N-ethyl adjacent to an activating group) is 1. The van der Waals surface area contributed by atoms with Crippen molar-refractivity contribution in [2.24, 2.45) is 5.92 Å². The first-order valence-electron chi connectivity index (χ1n) is 13.0. The van der Waals surface area contributed by atoms with Crippen LogP contribution in [0.25, 0.3) is 21.8 Å². The van der Waals surface area contributed by atoms with E-state index in [9.17, 15) is 9.18 Å². The van der Waals surface area contributed by atoms with Gasteiger partial charge < -0.3 is 24.2 Å². The summed E-state index contributed by atoms with van der Waals surface area (Å²) in [6.07, 6.45) is 4.32. The molecule has 6 rings (SSSR count). The maximum atomic E-state index is 14.6. The smallest absolute Gasteiger partial charge is 0.319 e. The van der Waals surface area contributed by atoms with Crippen molar-refractivity contribution < 1.29 is 18.7 Å². The highest BCUT2D eigenvalue weighted by Gasteiger charge is 2.31. The molecule has 13 heteroatoms. The summed E-state index contributed by atoms with van der Waals surface area (Å²) in [5.74, 6) is 0.364. The van der Waals surface area contributed by atoms with Crippen molar-refractivity contribution in [3.05, 3.63) is 48.0 Å². The lowest BCUT2D eigenvalue weighted by atomic mass is 10.1. The summed E-state index contributed by atoms with van der Waals surface area (Å²) in [6, 6.07) is 3.25. The van der Waals surface area contributed by atoms with Crippen LogP contribution in [0.2, 0.25) is 5.02 Å². The Balaban J connectivity index is 1.43. The fraction of sp³-hybridized carbons (Fsp3) is 0.370. The topological polar surface area (TPSA) is 113 Å². The fourth-order valence-corrected chi connectivity index (χ4v) is 5.49. The van der Waals surface area contributed by atoms with Gasteiger partial charge in [-0.3, -0.25) is 9.89 Å².